The van der Waals surface area contributed by atoms with E-state index in [2.05, 4.69) is 2.84 Å². The molecule has 0 aliphatic heterocycles. The van der Waals surface area contributed by atoms with Gasteiger partial charge >= 0.3 is 60.9 Å². The topological polar surface area (TPSA) is 179 Å². The second-order valence-corrected chi connectivity index (χ2v) is 5.03. The van der Waals surface area contributed by atoms with Crippen LogP contribution >= 0.6 is 0 Å². The van der Waals surface area contributed by atoms with Crippen LogP contribution in [0.2, 0.25) is 0 Å². The molecule has 0 amide bonds. The van der Waals surface area contributed by atoms with Gasteiger partial charge in [-0.1, -0.05) is 0 Å². The van der Waals surface area contributed by atoms with Gasteiger partial charge in [-0.25, -0.2) is 0 Å². The Morgan fingerprint density at radius 1 is 0.846 bits per heavy atom. The molecule has 0 unspecified atom stereocenters. The molecule has 13 heavy (non-hydrogen) atoms. The van der Waals surface area contributed by atoms with E-state index in [1.807, 2.05) is 0 Å². The van der Waals surface area contributed by atoms with E-state index < -0.39 is 34.5 Å². The molecule has 0 bridgehead atoms. The van der Waals surface area contributed by atoms with Crippen LogP contribution in [0.15, 0.2) is 0 Å². The van der Waals surface area contributed by atoms with E-state index in [4.69, 9.17) is 23.4 Å². The summed E-state index contributed by atoms with van der Waals surface area (Å²) >= 11 is -11.5. The third-order valence-electron chi connectivity index (χ3n) is 0.172. The average Bonchev–Trinajstić information content (AvgIpc) is 1.47. The zero-order chi connectivity index (χ0) is 11.3. The van der Waals surface area contributed by atoms with Crippen molar-refractivity contribution in [1.82, 2.24) is 0 Å². The van der Waals surface area contributed by atoms with Crippen molar-refractivity contribution in [3.05, 3.63) is 0 Å². The fraction of sp³-hybridized carbons (Fsp3) is 0. The quantitative estimate of drug-likeness (QED) is 0.316. The molecule has 0 aromatic carbocycles. The molecule has 0 heterocycles. The Labute approximate surface area is 76.3 Å². The van der Waals surface area contributed by atoms with Crippen molar-refractivity contribution in [2.24, 2.45) is 0 Å². The summed E-state index contributed by atoms with van der Waals surface area (Å²) in [6.07, 6.45) is 0. The normalized spacial score (nSPS) is 11.5. The predicted octanol–water partition coefficient (Wildman–Crippen LogP) is -3.71. The van der Waals surface area contributed by atoms with Crippen molar-refractivity contribution < 1.29 is 68.7 Å². The Balaban J connectivity index is 0. The molecule has 0 aromatic heterocycles. The second kappa shape index (κ2) is 5.74. The minimum atomic E-state index is -5.76. The first-order valence-electron chi connectivity index (χ1n) is 2.14. The molecule has 5 N–H and O–H groups in total. The van der Waals surface area contributed by atoms with Gasteiger partial charge in [0.2, 0.25) is 0 Å². The molecule has 0 aliphatic rings. The Kier molecular flexibility index (Phi) is 6.87. The van der Waals surface area contributed by atoms with Crippen molar-refractivity contribution in [3.63, 3.8) is 0 Å². The van der Waals surface area contributed by atoms with Crippen LogP contribution in [0.5, 0.6) is 0 Å². The van der Waals surface area contributed by atoms with E-state index >= 15 is 0 Å². The fourth-order valence-corrected chi connectivity index (χ4v) is 1.85. The van der Waals surface area contributed by atoms with E-state index in [9.17, 15) is 15.2 Å². The summed E-state index contributed by atoms with van der Waals surface area (Å²) in [7, 11) is -2.17. The zero-order valence-electron chi connectivity index (χ0n) is 5.67. The van der Waals surface area contributed by atoms with Gasteiger partial charge in [-0.15, -0.1) is 0 Å². The van der Waals surface area contributed by atoms with Crippen molar-refractivity contribution in [1.29, 1.82) is 0 Å². The third kappa shape index (κ3) is 33.2. The maximum absolute atomic E-state index is 9.53. The summed E-state index contributed by atoms with van der Waals surface area (Å²) in [4.78, 5) is 0. The molecule has 80 valence electrons. The third-order valence-corrected chi connectivity index (χ3v) is 2.92. The molecule has 13 heteroatoms. The van der Waals surface area contributed by atoms with E-state index in [1.165, 1.54) is 0 Å². The van der Waals surface area contributed by atoms with Gasteiger partial charge in [-0.05, 0) is 0 Å². The summed E-state index contributed by atoms with van der Waals surface area (Å²) in [5, 5.41) is 21.5. The molecular weight excluding hydrogens is 275 g/mol. The van der Waals surface area contributed by atoms with E-state index in [1.54, 1.807) is 0 Å². The maximum atomic E-state index is 9.53. The Bertz CT molecular complexity index is 272. The van der Waals surface area contributed by atoms with Gasteiger partial charge in [-0.3, -0.25) is 0 Å². The van der Waals surface area contributed by atoms with Crippen LogP contribution in [0.1, 0.15) is 0 Å². The van der Waals surface area contributed by atoms with Crippen molar-refractivity contribution in [2.75, 3.05) is 0 Å². The monoisotopic (exact) mass is 280 g/mol. The fourth-order valence-electron chi connectivity index (χ4n) is 0.109. The molecular formula is H5BCr2O10. The van der Waals surface area contributed by atoms with Crippen molar-refractivity contribution in [3.8, 4) is 0 Å². The summed E-state index contributed by atoms with van der Waals surface area (Å²) in [5.41, 5.74) is 0. The first-order chi connectivity index (χ1) is 5.44. The Hall–Kier alpha value is 0.0899. The molecule has 10 nitrogen and oxygen atoms in total. The number of hydrogen-bond acceptors (Lipinski definition) is 8. The molecule has 0 saturated carbocycles. The molecule has 0 fully saturated rings. The molecule has 0 atom stereocenters. The van der Waals surface area contributed by atoms with Crippen LogP contribution < -0.4 is 0 Å². The van der Waals surface area contributed by atoms with Crippen LogP contribution in [-0.4, -0.2) is 30.7 Å². The molecule has 0 aliphatic carbocycles. The SMILES string of the molecule is OB(O)O.[O]=[Cr](=[O])([OH])[O][Cr](=[O])(=[O])[OH]. The van der Waals surface area contributed by atoms with E-state index in [0.29, 0.717) is 0 Å². The van der Waals surface area contributed by atoms with E-state index in [0.717, 1.165) is 0 Å². The molecule has 0 radical (unpaired) electrons. The summed E-state index contributed by atoms with van der Waals surface area (Å²) < 4.78 is 56.3. The summed E-state index contributed by atoms with van der Waals surface area (Å²) in [5.74, 6) is 0. The average molecular weight is 280 g/mol. The first-order valence-corrected chi connectivity index (χ1v) is 6.40. The van der Waals surface area contributed by atoms with Crippen LogP contribution in [-0.2, 0) is 45.3 Å². The second-order valence-electron chi connectivity index (χ2n) is 1.27. The van der Waals surface area contributed by atoms with Gasteiger partial charge in [0, 0.05) is 0 Å². The Morgan fingerprint density at radius 2 is 1.00 bits per heavy atom. The molecule has 0 spiro atoms. The van der Waals surface area contributed by atoms with Crippen molar-refractivity contribution >= 4 is 7.32 Å². The first kappa shape index (κ1) is 15.6. The minimum absolute atomic E-state index is 2.17. The zero-order valence-corrected chi connectivity index (χ0v) is 8.22. The summed E-state index contributed by atoms with van der Waals surface area (Å²) in [6, 6.07) is 0. The number of rotatable bonds is 2. The standard InChI is InChI=1S/BH3O3.2Cr.2H2O.5O/c2-1(3)4;;;;;;;;;/h2-4H;;;2*1H2;;;;;/q;2*+1;;;;;;;/p-2. The Morgan fingerprint density at radius 3 is 1.00 bits per heavy atom. The molecule has 0 saturated heterocycles. The van der Waals surface area contributed by atoms with E-state index in [-0.39, 0.29) is 0 Å². The van der Waals surface area contributed by atoms with Crippen LogP contribution in [0.25, 0.3) is 0 Å². The van der Waals surface area contributed by atoms with Gasteiger partial charge in [0.1, 0.15) is 0 Å². The molecule has 0 rings (SSSR count). The van der Waals surface area contributed by atoms with Gasteiger partial charge in [0.05, 0.1) is 0 Å². The summed E-state index contributed by atoms with van der Waals surface area (Å²) in [6.45, 7) is 0. The van der Waals surface area contributed by atoms with Crippen LogP contribution in [0.3, 0.4) is 0 Å². The van der Waals surface area contributed by atoms with Gasteiger partial charge in [0.15, 0.2) is 0 Å². The van der Waals surface area contributed by atoms with Crippen LogP contribution in [0.4, 0.5) is 0 Å². The van der Waals surface area contributed by atoms with Crippen LogP contribution in [0, 0.1) is 0 Å². The van der Waals surface area contributed by atoms with Gasteiger partial charge in [-0.2, -0.15) is 0 Å². The van der Waals surface area contributed by atoms with Gasteiger partial charge in [0.25, 0.3) is 0 Å². The number of hydrogen-bond donors (Lipinski definition) is 5. The van der Waals surface area contributed by atoms with Gasteiger partial charge < -0.3 is 15.1 Å². The predicted molar refractivity (Wildman–Crippen MR) is 20.7 cm³/mol. The molecule has 0 aromatic rings. The van der Waals surface area contributed by atoms with Crippen molar-refractivity contribution in [2.45, 2.75) is 0 Å².